The molecule has 34 heavy (non-hydrogen) atoms. The molecule has 0 radical (unpaired) electrons. The molecule has 0 bridgehead atoms. The second-order valence-corrected chi connectivity index (χ2v) is 10.2. The van der Waals surface area contributed by atoms with Crippen LogP contribution in [0.1, 0.15) is 33.1 Å². The molecule has 3 aromatic rings. The lowest BCUT2D eigenvalue weighted by Crippen LogP contribution is -2.41. The number of aromatic nitrogens is 2. The van der Waals surface area contributed by atoms with Gasteiger partial charge in [-0.3, -0.25) is 9.36 Å². The Balaban J connectivity index is 1.58. The van der Waals surface area contributed by atoms with Crippen LogP contribution in [0.2, 0.25) is 0 Å². The van der Waals surface area contributed by atoms with Crippen molar-refractivity contribution in [3.05, 3.63) is 59.1 Å². The van der Waals surface area contributed by atoms with E-state index in [0.717, 1.165) is 19.3 Å². The Morgan fingerprint density at radius 2 is 1.94 bits per heavy atom. The molecule has 1 aliphatic rings. The van der Waals surface area contributed by atoms with Crippen molar-refractivity contribution < 1.29 is 17.9 Å². The molecule has 0 saturated carbocycles. The van der Waals surface area contributed by atoms with Crippen molar-refractivity contribution >= 4 is 32.5 Å². The second kappa shape index (κ2) is 9.94. The number of nitrogens with zero attached hydrogens (tertiary/aromatic N) is 3. The van der Waals surface area contributed by atoms with Crippen LogP contribution in [0.4, 0.5) is 5.69 Å². The van der Waals surface area contributed by atoms with E-state index in [2.05, 4.69) is 10.3 Å². The number of anilines is 1. The summed E-state index contributed by atoms with van der Waals surface area (Å²) in [5, 5.41) is 3.22. The largest absolute Gasteiger partial charge is 0.494 e. The van der Waals surface area contributed by atoms with Gasteiger partial charge in [-0.2, -0.15) is 4.31 Å². The highest BCUT2D eigenvalue weighted by Gasteiger charge is 2.31. The van der Waals surface area contributed by atoms with Crippen LogP contribution in [0.5, 0.6) is 5.75 Å². The zero-order valence-corrected chi connectivity index (χ0v) is 20.0. The molecule has 0 unspecified atom stereocenters. The van der Waals surface area contributed by atoms with E-state index in [0.29, 0.717) is 35.5 Å². The van der Waals surface area contributed by atoms with Gasteiger partial charge in [-0.05, 0) is 69.2 Å². The van der Waals surface area contributed by atoms with Gasteiger partial charge >= 0.3 is 5.69 Å². The Morgan fingerprint density at radius 1 is 1.18 bits per heavy atom. The molecular weight excluding hydrogens is 456 g/mol. The van der Waals surface area contributed by atoms with E-state index >= 15 is 0 Å². The number of benzene rings is 2. The summed E-state index contributed by atoms with van der Waals surface area (Å²) in [6.45, 7) is 4.58. The highest BCUT2D eigenvalue weighted by atomic mass is 32.2. The molecule has 180 valence electrons. The van der Waals surface area contributed by atoms with Crippen LogP contribution in [0, 0.1) is 0 Å². The van der Waals surface area contributed by atoms with Crippen molar-refractivity contribution in [2.24, 2.45) is 0 Å². The molecule has 0 spiro atoms. The van der Waals surface area contributed by atoms with Gasteiger partial charge in [-0.15, -0.1) is 0 Å². The van der Waals surface area contributed by atoms with Gasteiger partial charge in [0.2, 0.25) is 15.9 Å². The first-order valence-electron chi connectivity index (χ1n) is 11.3. The molecule has 1 atom stereocenters. The summed E-state index contributed by atoms with van der Waals surface area (Å²) in [4.78, 5) is 29.1. The van der Waals surface area contributed by atoms with E-state index in [9.17, 15) is 18.0 Å². The molecule has 9 nitrogen and oxygen atoms in total. The summed E-state index contributed by atoms with van der Waals surface area (Å²) >= 11 is 0. The molecule has 10 heteroatoms. The number of fused-ring (bicyclic) bond motifs is 1. The fraction of sp³-hybridized carbons (Fsp3) is 0.375. The molecule has 1 amide bonds. The molecule has 0 aliphatic carbocycles. The summed E-state index contributed by atoms with van der Waals surface area (Å²) in [7, 11) is -3.67. The number of carbonyl (C=O) groups excluding carboxylic acids is 1. The average molecular weight is 485 g/mol. The normalized spacial score (nSPS) is 16.9. The summed E-state index contributed by atoms with van der Waals surface area (Å²) < 4.78 is 34.6. The fourth-order valence-corrected chi connectivity index (χ4v) is 5.94. The van der Waals surface area contributed by atoms with E-state index in [4.69, 9.17) is 4.74 Å². The van der Waals surface area contributed by atoms with Gasteiger partial charge in [0.25, 0.3) is 0 Å². The van der Waals surface area contributed by atoms with Crippen LogP contribution >= 0.6 is 0 Å². The van der Waals surface area contributed by atoms with Gasteiger partial charge in [-0.25, -0.2) is 18.2 Å². The topological polar surface area (TPSA) is 111 Å². The Hall–Kier alpha value is -3.24. The molecule has 1 aromatic heterocycles. The van der Waals surface area contributed by atoms with Gasteiger partial charge in [0, 0.05) is 29.9 Å². The van der Waals surface area contributed by atoms with Crippen molar-refractivity contribution in [1.29, 1.82) is 0 Å². The van der Waals surface area contributed by atoms with Crippen LogP contribution in [-0.2, 0) is 21.4 Å². The smallest absolute Gasteiger partial charge is 0.348 e. The molecule has 1 fully saturated rings. The van der Waals surface area contributed by atoms with Crippen LogP contribution < -0.4 is 15.7 Å². The van der Waals surface area contributed by atoms with E-state index in [1.54, 1.807) is 30.3 Å². The first-order valence-corrected chi connectivity index (χ1v) is 12.8. The maximum atomic E-state index is 13.2. The number of ether oxygens (including phenoxy) is 1. The van der Waals surface area contributed by atoms with E-state index in [1.165, 1.54) is 27.2 Å². The van der Waals surface area contributed by atoms with Gasteiger partial charge < -0.3 is 10.1 Å². The fourth-order valence-electron chi connectivity index (χ4n) is 4.20. The third kappa shape index (κ3) is 4.97. The number of rotatable bonds is 7. The summed E-state index contributed by atoms with van der Waals surface area (Å²) in [5.74, 6) is 0.291. The van der Waals surface area contributed by atoms with Gasteiger partial charge in [0.15, 0.2) is 0 Å². The number of amides is 1. The lowest BCUT2D eigenvalue weighted by molar-refractivity contribution is -0.116. The monoisotopic (exact) mass is 484 g/mol. The van der Waals surface area contributed by atoms with E-state index < -0.39 is 21.6 Å². The molecule has 2 aromatic carbocycles. The number of nitrogens with one attached hydrogen (secondary N) is 1. The second-order valence-electron chi connectivity index (χ2n) is 8.31. The predicted molar refractivity (Wildman–Crippen MR) is 129 cm³/mol. The molecule has 2 heterocycles. The minimum absolute atomic E-state index is 0.0622. The standard InChI is InChI=1S/C24H28N4O5S/c1-3-33-20-9-7-19(8-10-20)26-23(29)16-27-22-12-11-21(14-18(22)15-25-24(27)30)34(31,32)28-13-5-4-6-17(28)2/h7-12,14-15,17H,3-6,13,16H2,1-2H3,(H,26,29)/t17-/m0/s1. The number of hydrogen-bond donors (Lipinski definition) is 1. The van der Waals surface area contributed by atoms with Crippen molar-refractivity contribution in [2.45, 2.75) is 50.6 Å². The quantitative estimate of drug-likeness (QED) is 0.552. The summed E-state index contributed by atoms with van der Waals surface area (Å²) in [5.41, 5.74) is 0.417. The number of hydrogen-bond acceptors (Lipinski definition) is 6. The molecule has 4 rings (SSSR count). The average Bonchev–Trinajstić information content (AvgIpc) is 2.82. The Kier molecular flexibility index (Phi) is 6.99. The SMILES string of the molecule is CCOc1ccc(NC(=O)Cn2c(=O)ncc3cc(S(=O)(=O)N4CCCC[C@@H]4C)ccc32)cc1. The zero-order chi connectivity index (χ0) is 24.3. The highest BCUT2D eigenvalue weighted by molar-refractivity contribution is 7.89. The van der Waals surface area contributed by atoms with E-state index in [-0.39, 0.29) is 17.5 Å². The number of sulfonamides is 1. The maximum Gasteiger partial charge on any atom is 0.348 e. The predicted octanol–water partition coefficient (Wildman–Crippen LogP) is 3.00. The Bertz CT molecular complexity index is 1350. The minimum atomic E-state index is -3.67. The van der Waals surface area contributed by atoms with Crippen molar-refractivity contribution in [3.63, 3.8) is 0 Å². The summed E-state index contributed by atoms with van der Waals surface area (Å²) in [6, 6.07) is 11.4. The molecule has 1 saturated heterocycles. The first kappa shape index (κ1) is 23.9. The maximum absolute atomic E-state index is 13.2. The van der Waals surface area contributed by atoms with Crippen LogP contribution in [0.3, 0.4) is 0 Å². The van der Waals surface area contributed by atoms with Crippen molar-refractivity contribution in [3.8, 4) is 5.75 Å². The first-order chi connectivity index (χ1) is 16.3. The lowest BCUT2D eigenvalue weighted by Gasteiger charge is -2.32. The molecular formula is C24H28N4O5S. The third-order valence-corrected chi connectivity index (χ3v) is 7.94. The summed E-state index contributed by atoms with van der Waals surface area (Å²) in [6.07, 6.45) is 4.02. The van der Waals surface area contributed by atoms with Crippen LogP contribution in [-0.4, -0.2) is 47.4 Å². The van der Waals surface area contributed by atoms with Gasteiger partial charge in [0.1, 0.15) is 12.3 Å². The number of carbonyl (C=O) groups is 1. The third-order valence-electron chi connectivity index (χ3n) is 5.93. The highest BCUT2D eigenvalue weighted by Crippen LogP contribution is 2.27. The number of piperidine rings is 1. The van der Waals surface area contributed by atoms with Gasteiger partial charge in [0.05, 0.1) is 17.0 Å². The Morgan fingerprint density at radius 3 is 2.65 bits per heavy atom. The lowest BCUT2D eigenvalue weighted by atomic mass is 10.1. The zero-order valence-electron chi connectivity index (χ0n) is 19.2. The minimum Gasteiger partial charge on any atom is -0.494 e. The van der Waals surface area contributed by atoms with Crippen molar-refractivity contribution in [1.82, 2.24) is 13.9 Å². The van der Waals surface area contributed by atoms with E-state index in [1.807, 2.05) is 13.8 Å². The van der Waals surface area contributed by atoms with Crippen molar-refractivity contribution in [2.75, 3.05) is 18.5 Å². The van der Waals surface area contributed by atoms with Crippen LogP contribution in [0.15, 0.2) is 58.4 Å². The molecule has 1 N–H and O–H groups in total. The molecule has 1 aliphatic heterocycles. The van der Waals surface area contributed by atoms with Gasteiger partial charge in [-0.1, -0.05) is 6.42 Å². The van der Waals surface area contributed by atoms with Crippen LogP contribution in [0.25, 0.3) is 10.9 Å². The Labute approximate surface area is 198 Å².